The standard InChI is InChI=1S/C3H4.Mg/c1-3-2;/h1H,2H3;/q;+2. The largest absolute Gasteiger partial charge is 2.00 e. The Kier molecular flexibility index (Phi) is 22.6. The van der Waals surface area contributed by atoms with E-state index >= 15 is 0 Å². The van der Waals surface area contributed by atoms with Crippen LogP contribution in [0.15, 0.2) is 0 Å². The van der Waals surface area contributed by atoms with Gasteiger partial charge in [0, 0.05) is 0 Å². The maximum atomic E-state index is 4.60. The molecule has 0 saturated heterocycles. The molecule has 0 aliphatic rings. The Balaban J connectivity index is 0. The molecule has 0 aromatic heterocycles. The predicted molar refractivity (Wildman–Crippen MR) is 20.3 cm³/mol. The van der Waals surface area contributed by atoms with Gasteiger partial charge in [0.15, 0.2) is 0 Å². The molecule has 0 radical (unpaired) electrons. The quantitative estimate of drug-likeness (QED) is 0.280. The van der Waals surface area contributed by atoms with Crippen molar-refractivity contribution >= 4 is 23.1 Å². The zero-order valence-electron chi connectivity index (χ0n) is 2.78. The van der Waals surface area contributed by atoms with Gasteiger partial charge in [-0.1, -0.05) is 0 Å². The fourth-order valence-electron chi connectivity index (χ4n) is 0. The normalized spacial score (nSPS) is 2.00. The summed E-state index contributed by atoms with van der Waals surface area (Å²) in [6, 6.07) is 0. The van der Waals surface area contributed by atoms with E-state index in [1.54, 1.807) is 6.92 Å². The SMILES string of the molecule is C#CC.[Mg+2]. The number of terminal acetylenes is 1. The molecule has 0 fully saturated rings. The van der Waals surface area contributed by atoms with Crippen LogP contribution in [0.2, 0.25) is 0 Å². The average molecular weight is 64.4 g/mol. The summed E-state index contributed by atoms with van der Waals surface area (Å²) in [5.74, 6) is 2.25. The van der Waals surface area contributed by atoms with Crippen LogP contribution in [-0.4, -0.2) is 23.1 Å². The molecule has 0 aromatic rings. The first-order chi connectivity index (χ1) is 1.41. The van der Waals surface area contributed by atoms with Crippen molar-refractivity contribution in [2.24, 2.45) is 0 Å². The van der Waals surface area contributed by atoms with Crippen molar-refractivity contribution in [1.82, 2.24) is 0 Å². The molecule has 0 rings (SSSR count). The first kappa shape index (κ1) is 8.85. The van der Waals surface area contributed by atoms with Crippen molar-refractivity contribution in [1.29, 1.82) is 0 Å². The second-order valence-electron chi connectivity index (χ2n) is 0.289. The molecule has 0 bridgehead atoms. The van der Waals surface area contributed by atoms with E-state index in [-0.39, 0.29) is 23.1 Å². The van der Waals surface area contributed by atoms with Crippen molar-refractivity contribution < 1.29 is 0 Å². The van der Waals surface area contributed by atoms with Gasteiger partial charge in [-0.3, -0.25) is 0 Å². The molecule has 0 saturated carbocycles. The minimum Gasteiger partial charge on any atom is -0.120 e. The molecule has 0 aromatic carbocycles. The molecule has 0 N–H and O–H groups in total. The Morgan fingerprint density at radius 1 is 1.75 bits per heavy atom. The van der Waals surface area contributed by atoms with E-state index in [9.17, 15) is 0 Å². The average Bonchev–Trinajstić information content (AvgIpc) is 0.918. The molecule has 4 heavy (non-hydrogen) atoms. The van der Waals surface area contributed by atoms with Crippen LogP contribution in [0.25, 0.3) is 0 Å². The summed E-state index contributed by atoms with van der Waals surface area (Å²) in [5, 5.41) is 0. The molecule has 0 amide bonds. The molecule has 16 valence electrons. The van der Waals surface area contributed by atoms with Crippen LogP contribution in [0, 0.1) is 12.3 Å². The Morgan fingerprint density at radius 3 is 1.75 bits per heavy atom. The molecule has 0 nitrogen and oxygen atoms in total. The zero-order valence-corrected chi connectivity index (χ0v) is 4.20. The van der Waals surface area contributed by atoms with E-state index in [1.165, 1.54) is 0 Å². The molecule has 0 atom stereocenters. The third-order valence-corrected chi connectivity index (χ3v) is 0. The van der Waals surface area contributed by atoms with Crippen LogP contribution in [0.4, 0.5) is 0 Å². The van der Waals surface area contributed by atoms with E-state index in [2.05, 4.69) is 12.3 Å². The third kappa shape index (κ3) is 38.4. The summed E-state index contributed by atoms with van der Waals surface area (Å²) in [5.41, 5.74) is 0. The number of rotatable bonds is 0. The van der Waals surface area contributed by atoms with Crippen LogP contribution >= 0.6 is 0 Å². The van der Waals surface area contributed by atoms with Gasteiger partial charge in [-0.25, -0.2) is 0 Å². The second-order valence-corrected chi connectivity index (χ2v) is 0.289. The fraction of sp³-hybridized carbons (Fsp3) is 0.333. The van der Waals surface area contributed by atoms with E-state index in [4.69, 9.17) is 0 Å². The topological polar surface area (TPSA) is 0 Å². The van der Waals surface area contributed by atoms with Crippen molar-refractivity contribution in [2.75, 3.05) is 0 Å². The van der Waals surface area contributed by atoms with Crippen LogP contribution in [0.1, 0.15) is 6.92 Å². The summed E-state index contributed by atoms with van der Waals surface area (Å²) >= 11 is 0. The second kappa shape index (κ2) is 10.2. The van der Waals surface area contributed by atoms with E-state index in [0.717, 1.165) is 0 Å². The van der Waals surface area contributed by atoms with E-state index < -0.39 is 0 Å². The van der Waals surface area contributed by atoms with Gasteiger partial charge in [-0.05, 0) is 6.92 Å². The van der Waals surface area contributed by atoms with Crippen LogP contribution in [0.5, 0.6) is 0 Å². The van der Waals surface area contributed by atoms with Crippen molar-refractivity contribution in [3.05, 3.63) is 0 Å². The van der Waals surface area contributed by atoms with Gasteiger partial charge in [-0.15, -0.1) is 12.3 Å². The molecular weight excluding hydrogens is 60.3 g/mol. The summed E-state index contributed by atoms with van der Waals surface area (Å²) in [7, 11) is 0. The molecule has 0 unspecified atom stereocenters. The molecule has 0 heterocycles. The minimum atomic E-state index is 0. The first-order valence-corrected chi connectivity index (χ1v) is 0.789. The summed E-state index contributed by atoms with van der Waals surface area (Å²) < 4.78 is 0. The Labute approximate surface area is 42.7 Å². The van der Waals surface area contributed by atoms with E-state index in [1.807, 2.05) is 0 Å². The smallest absolute Gasteiger partial charge is 0.120 e. The third-order valence-electron chi connectivity index (χ3n) is 0. The van der Waals surface area contributed by atoms with Gasteiger partial charge in [0.1, 0.15) is 0 Å². The first-order valence-electron chi connectivity index (χ1n) is 0.789. The van der Waals surface area contributed by atoms with Crippen LogP contribution < -0.4 is 0 Å². The van der Waals surface area contributed by atoms with Crippen LogP contribution in [0.3, 0.4) is 0 Å². The number of hydrogen-bond donors (Lipinski definition) is 0. The van der Waals surface area contributed by atoms with Crippen molar-refractivity contribution in [3.8, 4) is 12.3 Å². The molecule has 0 aliphatic heterocycles. The maximum absolute atomic E-state index is 4.60. The van der Waals surface area contributed by atoms with Crippen molar-refractivity contribution in [3.63, 3.8) is 0 Å². The summed E-state index contributed by atoms with van der Waals surface area (Å²) in [6.07, 6.45) is 4.60. The Hall–Kier alpha value is 0.326. The molecule has 0 spiro atoms. The Bertz CT molecular complexity index is 24.8. The van der Waals surface area contributed by atoms with Gasteiger partial charge in [0.2, 0.25) is 0 Å². The van der Waals surface area contributed by atoms with Gasteiger partial charge in [0.25, 0.3) is 0 Å². The van der Waals surface area contributed by atoms with Gasteiger partial charge >= 0.3 is 23.1 Å². The zero-order chi connectivity index (χ0) is 2.71. The molecular formula is C3H4Mg+2. The summed E-state index contributed by atoms with van der Waals surface area (Å²) in [6.45, 7) is 1.65. The predicted octanol–water partition coefficient (Wildman–Crippen LogP) is 0.259. The minimum absolute atomic E-state index is 0. The number of hydrogen-bond acceptors (Lipinski definition) is 0. The van der Waals surface area contributed by atoms with Gasteiger partial charge in [0.05, 0.1) is 0 Å². The fourth-order valence-corrected chi connectivity index (χ4v) is 0. The van der Waals surface area contributed by atoms with Gasteiger partial charge in [-0.2, -0.15) is 0 Å². The van der Waals surface area contributed by atoms with E-state index in [0.29, 0.717) is 0 Å². The van der Waals surface area contributed by atoms with Crippen LogP contribution in [-0.2, 0) is 0 Å². The Morgan fingerprint density at radius 2 is 1.75 bits per heavy atom. The van der Waals surface area contributed by atoms with Gasteiger partial charge < -0.3 is 0 Å². The monoisotopic (exact) mass is 64.0 g/mol. The summed E-state index contributed by atoms with van der Waals surface area (Å²) in [4.78, 5) is 0. The maximum Gasteiger partial charge on any atom is 2.00 e. The van der Waals surface area contributed by atoms with Crippen molar-refractivity contribution in [2.45, 2.75) is 6.92 Å². The molecule has 1 heteroatoms. The molecule has 0 aliphatic carbocycles.